The maximum Gasteiger partial charge on any atom is 0.0652 e. The van der Waals surface area contributed by atoms with Crippen LogP contribution in [0.4, 0.5) is 0 Å². The van der Waals surface area contributed by atoms with Crippen LogP contribution in [0.5, 0.6) is 0 Å². The standard InChI is InChI=1S/C16H22N2OS/c1-12(11-19)10-18-8-6-13(7-9-18)16-14-4-2-3-5-15(14)20-17-16/h2-5,12-13,19H,6-11H2,1H3. The van der Waals surface area contributed by atoms with E-state index in [0.717, 1.165) is 19.6 Å². The smallest absolute Gasteiger partial charge is 0.0652 e. The van der Waals surface area contributed by atoms with Gasteiger partial charge in [0.15, 0.2) is 0 Å². The van der Waals surface area contributed by atoms with Gasteiger partial charge in [-0.15, -0.1) is 0 Å². The number of fused-ring (bicyclic) bond motifs is 1. The Balaban J connectivity index is 1.66. The number of aliphatic hydroxyl groups is 1. The van der Waals surface area contributed by atoms with Crippen LogP contribution in [-0.2, 0) is 0 Å². The van der Waals surface area contributed by atoms with Gasteiger partial charge in [0.1, 0.15) is 0 Å². The molecule has 1 atom stereocenters. The summed E-state index contributed by atoms with van der Waals surface area (Å²) in [5.74, 6) is 0.985. The molecule has 1 saturated heterocycles. The van der Waals surface area contributed by atoms with Crippen LogP contribution >= 0.6 is 11.5 Å². The van der Waals surface area contributed by atoms with E-state index in [1.54, 1.807) is 11.5 Å². The van der Waals surface area contributed by atoms with Crippen molar-refractivity contribution >= 4 is 21.6 Å². The van der Waals surface area contributed by atoms with Crippen molar-refractivity contribution in [1.29, 1.82) is 0 Å². The molecule has 1 aromatic carbocycles. The Morgan fingerprint density at radius 2 is 2.10 bits per heavy atom. The van der Waals surface area contributed by atoms with Crippen molar-refractivity contribution in [3.8, 4) is 0 Å². The lowest BCUT2D eigenvalue weighted by Crippen LogP contribution is -2.36. The molecule has 1 unspecified atom stereocenters. The minimum Gasteiger partial charge on any atom is -0.396 e. The minimum atomic E-state index is 0.288. The average Bonchev–Trinajstić information content (AvgIpc) is 2.92. The van der Waals surface area contributed by atoms with Crippen molar-refractivity contribution in [2.24, 2.45) is 5.92 Å². The molecule has 1 aromatic heterocycles. The highest BCUT2D eigenvalue weighted by Crippen LogP contribution is 2.34. The Morgan fingerprint density at radius 1 is 1.35 bits per heavy atom. The van der Waals surface area contributed by atoms with Gasteiger partial charge in [-0.05, 0) is 49.4 Å². The highest BCUT2D eigenvalue weighted by Gasteiger charge is 2.24. The molecule has 0 amide bonds. The van der Waals surface area contributed by atoms with Crippen LogP contribution in [0.2, 0.25) is 0 Å². The normalized spacial score (nSPS) is 19.5. The third kappa shape index (κ3) is 2.87. The molecule has 3 nitrogen and oxygen atoms in total. The number of aromatic nitrogens is 1. The third-order valence-electron chi connectivity index (χ3n) is 4.26. The lowest BCUT2D eigenvalue weighted by molar-refractivity contribution is 0.148. The predicted molar refractivity (Wildman–Crippen MR) is 84.3 cm³/mol. The summed E-state index contributed by atoms with van der Waals surface area (Å²) in [6.45, 7) is 5.67. The fraction of sp³-hybridized carbons (Fsp3) is 0.562. The monoisotopic (exact) mass is 290 g/mol. The third-order valence-corrected chi connectivity index (χ3v) is 5.10. The fourth-order valence-corrected chi connectivity index (χ4v) is 3.94. The van der Waals surface area contributed by atoms with Crippen LogP contribution in [0.1, 0.15) is 31.4 Å². The fourth-order valence-electron chi connectivity index (χ4n) is 3.09. The summed E-state index contributed by atoms with van der Waals surface area (Å²) in [4.78, 5) is 2.48. The Bertz CT molecular complexity index is 560. The Labute approximate surface area is 124 Å². The quantitative estimate of drug-likeness (QED) is 0.940. The Morgan fingerprint density at radius 3 is 2.85 bits per heavy atom. The van der Waals surface area contributed by atoms with Crippen LogP contribution in [0.15, 0.2) is 24.3 Å². The topological polar surface area (TPSA) is 36.4 Å². The molecule has 1 aliphatic rings. The second kappa shape index (κ2) is 6.20. The molecule has 108 valence electrons. The number of hydrogen-bond acceptors (Lipinski definition) is 4. The van der Waals surface area contributed by atoms with Crippen molar-refractivity contribution in [3.05, 3.63) is 30.0 Å². The summed E-state index contributed by atoms with van der Waals surface area (Å²) in [5.41, 5.74) is 1.31. The molecular weight excluding hydrogens is 268 g/mol. The molecule has 3 rings (SSSR count). The molecule has 2 aromatic rings. The summed E-state index contributed by atoms with van der Waals surface area (Å²) in [6, 6.07) is 8.56. The highest BCUT2D eigenvalue weighted by atomic mass is 32.1. The molecule has 1 fully saturated rings. The number of benzene rings is 1. The number of hydrogen-bond donors (Lipinski definition) is 1. The molecule has 1 N–H and O–H groups in total. The molecule has 0 aliphatic carbocycles. The van der Waals surface area contributed by atoms with Crippen molar-refractivity contribution in [1.82, 2.24) is 9.27 Å². The van der Waals surface area contributed by atoms with Gasteiger partial charge in [0.05, 0.1) is 10.4 Å². The van der Waals surface area contributed by atoms with Gasteiger partial charge in [-0.2, -0.15) is 4.37 Å². The zero-order valence-electron chi connectivity index (χ0n) is 12.0. The summed E-state index contributed by atoms with van der Waals surface area (Å²) < 4.78 is 6.01. The first kappa shape index (κ1) is 14.0. The van der Waals surface area contributed by atoms with E-state index in [-0.39, 0.29) is 6.61 Å². The van der Waals surface area contributed by atoms with Crippen LogP contribution in [-0.4, -0.2) is 40.6 Å². The van der Waals surface area contributed by atoms with Gasteiger partial charge in [-0.3, -0.25) is 0 Å². The number of rotatable bonds is 4. The molecule has 4 heteroatoms. The summed E-state index contributed by atoms with van der Waals surface area (Å²) >= 11 is 1.63. The molecule has 1 aliphatic heterocycles. The van der Waals surface area contributed by atoms with Crippen LogP contribution in [0.3, 0.4) is 0 Å². The van der Waals surface area contributed by atoms with Gasteiger partial charge in [0, 0.05) is 24.5 Å². The van der Waals surface area contributed by atoms with Gasteiger partial charge < -0.3 is 10.0 Å². The first-order chi connectivity index (χ1) is 9.78. The molecule has 0 saturated carbocycles. The number of likely N-dealkylation sites (tertiary alicyclic amines) is 1. The Kier molecular flexibility index (Phi) is 4.34. The van der Waals surface area contributed by atoms with E-state index in [4.69, 9.17) is 9.48 Å². The van der Waals surface area contributed by atoms with Crippen molar-refractivity contribution in [2.75, 3.05) is 26.2 Å². The second-order valence-electron chi connectivity index (χ2n) is 5.93. The Hall–Kier alpha value is -0.970. The van der Waals surface area contributed by atoms with E-state index >= 15 is 0 Å². The maximum absolute atomic E-state index is 9.15. The van der Waals surface area contributed by atoms with Gasteiger partial charge in [-0.1, -0.05) is 25.1 Å². The molecule has 0 spiro atoms. The minimum absolute atomic E-state index is 0.288. The van der Waals surface area contributed by atoms with Crippen molar-refractivity contribution in [2.45, 2.75) is 25.7 Å². The van der Waals surface area contributed by atoms with Crippen molar-refractivity contribution < 1.29 is 5.11 Å². The molecule has 2 heterocycles. The summed E-state index contributed by atoms with van der Waals surface area (Å²) in [6.07, 6.45) is 2.37. The second-order valence-corrected chi connectivity index (χ2v) is 6.73. The largest absolute Gasteiger partial charge is 0.396 e. The van der Waals surface area contributed by atoms with Crippen LogP contribution in [0, 0.1) is 5.92 Å². The van der Waals surface area contributed by atoms with Gasteiger partial charge in [-0.25, -0.2) is 0 Å². The molecule has 0 radical (unpaired) electrons. The first-order valence-electron chi connectivity index (χ1n) is 7.45. The predicted octanol–water partition coefficient (Wildman–Crippen LogP) is 3.10. The molecule has 0 bridgehead atoms. The maximum atomic E-state index is 9.15. The summed E-state index contributed by atoms with van der Waals surface area (Å²) in [5, 5.41) is 10.5. The van der Waals surface area contributed by atoms with Crippen LogP contribution in [0.25, 0.3) is 10.1 Å². The van der Waals surface area contributed by atoms with E-state index in [2.05, 4.69) is 36.1 Å². The van der Waals surface area contributed by atoms with Gasteiger partial charge >= 0.3 is 0 Å². The lowest BCUT2D eigenvalue weighted by Gasteiger charge is -2.32. The van der Waals surface area contributed by atoms with E-state index in [0.29, 0.717) is 11.8 Å². The number of nitrogens with zero attached hydrogens (tertiary/aromatic N) is 2. The average molecular weight is 290 g/mol. The van der Waals surface area contributed by atoms with E-state index < -0.39 is 0 Å². The lowest BCUT2D eigenvalue weighted by atomic mass is 9.91. The van der Waals surface area contributed by atoms with E-state index in [1.807, 2.05) is 0 Å². The zero-order chi connectivity index (χ0) is 13.9. The van der Waals surface area contributed by atoms with Gasteiger partial charge in [0.25, 0.3) is 0 Å². The van der Waals surface area contributed by atoms with Crippen LogP contribution < -0.4 is 0 Å². The first-order valence-corrected chi connectivity index (χ1v) is 8.22. The van der Waals surface area contributed by atoms with Gasteiger partial charge in [0.2, 0.25) is 0 Å². The van der Waals surface area contributed by atoms with Crippen molar-refractivity contribution in [3.63, 3.8) is 0 Å². The summed E-state index contributed by atoms with van der Waals surface area (Å²) in [7, 11) is 0. The number of piperidine rings is 1. The SMILES string of the molecule is CC(CO)CN1CCC(c2nsc3ccccc23)CC1. The van der Waals surface area contributed by atoms with E-state index in [1.165, 1.54) is 28.6 Å². The molecule has 20 heavy (non-hydrogen) atoms. The highest BCUT2D eigenvalue weighted by molar-refractivity contribution is 7.13. The zero-order valence-corrected chi connectivity index (χ0v) is 12.8. The number of aliphatic hydroxyl groups excluding tert-OH is 1. The molecular formula is C16H22N2OS. The van der Waals surface area contributed by atoms with E-state index in [9.17, 15) is 0 Å².